The second-order valence-corrected chi connectivity index (χ2v) is 5.72. The molecule has 1 fully saturated rings. The summed E-state index contributed by atoms with van der Waals surface area (Å²) < 4.78 is 13.3. The molecule has 1 aromatic rings. The first-order valence-corrected chi connectivity index (χ1v) is 7.39. The quantitative estimate of drug-likeness (QED) is 0.919. The fourth-order valence-electron chi connectivity index (χ4n) is 2.98. The molecule has 2 N–H and O–H groups in total. The Morgan fingerprint density at radius 1 is 1.35 bits per heavy atom. The average Bonchev–Trinajstić information content (AvgIpc) is 2.39. The van der Waals surface area contributed by atoms with Crippen LogP contribution in [0.2, 0.25) is 0 Å². The number of anilines is 1. The second kappa shape index (κ2) is 6.35. The molecule has 110 valence electrons. The molecule has 1 aliphatic carbocycles. The van der Waals surface area contributed by atoms with Gasteiger partial charge in [0.1, 0.15) is 5.82 Å². The largest absolute Gasteiger partial charge is 0.325 e. The van der Waals surface area contributed by atoms with Crippen molar-refractivity contribution < 1.29 is 9.18 Å². The Labute approximate surface area is 120 Å². The number of rotatable bonds is 4. The van der Waals surface area contributed by atoms with E-state index in [9.17, 15) is 9.18 Å². The zero-order valence-corrected chi connectivity index (χ0v) is 12.1. The van der Waals surface area contributed by atoms with E-state index in [2.05, 4.69) is 0 Å². The van der Waals surface area contributed by atoms with Gasteiger partial charge in [-0.3, -0.25) is 4.79 Å². The maximum Gasteiger partial charge on any atom is 0.228 e. The summed E-state index contributed by atoms with van der Waals surface area (Å²) in [6.45, 7) is 2.42. The van der Waals surface area contributed by atoms with Crippen molar-refractivity contribution in [1.82, 2.24) is 0 Å². The molecule has 0 atom stereocenters. The fraction of sp³-hybridized carbons (Fsp3) is 0.562. The highest BCUT2D eigenvalue weighted by Gasteiger charge is 2.31. The Bertz CT molecular complexity index is 469. The van der Waals surface area contributed by atoms with Gasteiger partial charge >= 0.3 is 0 Å². The molecule has 1 saturated carbocycles. The molecule has 3 nitrogen and oxygen atoms in total. The Kier molecular flexibility index (Phi) is 4.76. The molecule has 0 aromatic heterocycles. The number of benzene rings is 1. The van der Waals surface area contributed by atoms with E-state index in [4.69, 9.17) is 5.73 Å². The minimum absolute atomic E-state index is 0.0116. The monoisotopic (exact) mass is 278 g/mol. The molecule has 1 aliphatic rings. The van der Waals surface area contributed by atoms with Crippen molar-refractivity contribution >= 4 is 11.6 Å². The molecule has 4 heteroatoms. The van der Waals surface area contributed by atoms with Crippen molar-refractivity contribution in [3.05, 3.63) is 30.1 Å². The van der Waals surface area contributed by atoms with Crippen molar-refractivity contribution in [3.63, 3.8) is 0 Å². The van der Waals surface area contributed by atoms with Crippen LogP contribution in [0.25, 0.3) is 0 Å². The summed E-state index contributed by atoms with van der Waals surface area (Å²) in [7, 11) is 0. The summed E-state index contributed by atoms with van der Waals surface area (Å²) in [6.07, 6.45) is 5.54. The first-order valence-electron chi connectivity index (χ1n) is 7.39. The van der Waals surface area contributed by atoms with Gasteiger partial charge in [-0.2, -0.15) is 0 Å². The molecule has 1 amide bonds. The van der Waals surface area contributed by atoms with Crippen LogP contribution >= 0.6 is 0 Å². The first kappa shape index (κ1) is 15.0. The molecule has 0 spiro atoms. The molecule has 0 aliphatic heterocycles. The van der Waals surface area contributed by atoms with E-state index in [-0.39, 0.29) is 17.3 Å². The lowest BCUT2D eigenvalue weighted by Crippen LogP contribution is -2.47. The Morgan fingerprint density at radius 3 is 2.65 bits per heavy atom. The van der Waals surface area contributed by atoms with Gasteiger partial charge in [-0.25, -0.2) is 4.39 Å². The van der Waals surface area contributed by atoms with Gasteiger partial charge in [0.2, 0.25) is 5.91 Å². The zero-order valence-electron chi connectivity index (χ0n) is 12.1. The molecule has 20 heavy (non-hydrogen) atoms. The van der Waals surface area contributed by atoms with E-state index in [1.165, 1.54) is 18.6 Å². The predicted octanol–water partition coefficient (Wildman–Crippen LogP) is 3.23. The fourth-order valence-corrected chi connectivity index (χ4v) is 2.98. The summed E-state index contributed by atoms with van der Waals surface area (Å²) in [5.74, 6) is -0.337. The zero-order chi connectivity index (χ0) is 14.6. The summed E-state index contributed by atoms with van der Waals surface area (Å²) >= 11 is 0. The van der Waals surface area contributed by atoms with E-state index in [0.29, 0.717) is 18.7 Å². The van der Waals surface area contributed by atoms with Crippen LogP contribution in [0.4, 0.5) is 10.1 Å². The van der Waals surface area contributed by atoms with E-state index in [1.807, 2.05) is 6.92 Å². The van der Waals surface area contributed by atoms with E-state index in [0.717, 1.165) is 25.7 Å². The lowest BCUT2D eigenvalue weighted by atomic mass is 9.80. The van der Waals surface area contributed by atoms with Gasteiger partial charge < -0.3 is 10.6 Å². The third-order valence-corrected chi connectivity index (χ3v) is 4.09. The highest BCUT2D eigenvalue weighted by atomic mass is 19.1. The average molecular weight is 278 g/mol. The van der Waals surface area contributed by atoms with Crippen molar-refractivity contribution in [2.75, 3.05) is 11.4 Å². The van der Waals surface area contributed by atoms with Gasteiger partial charge in [0.15, 0.2) is 0 Å². The minimum atomic E-state index is -0.379. The molecule has 0 heterocycles. The molecule has 0 saturated heterocycles. The number of hydrogen-bond acceptors (Lipinski definition) is 2. The van der Waals surface area contributed by atoms with Crippen molar-refractivity contribution in [2.24, 2.45) is 5.73 Å². The third-order valence-electron chi connectivity index (χ3n) is 4.09. The van der Waals surface area contributed by atoms with Crippen LogP contribution in [0, 0.1) is 5.82 Å². The number of nitrogens with zero attached hydrogens (tertiary/aromatic N) is 1. The van der Waals surface area contributed by atoms with Crippen LogP contribution in [0.1, 0.15) is 45.4 Å². The molecule has 0 unspecified atom stereocenters. The van der Waals surface area contributed by atoms with E-state index in [1.54, 1.807) is 17.0 Å². The van der Waals surface area contributed by atoms with E-state index >= 15 is 0 Å². The van der Waals surface area contributed by atoms with Gasteiger partial charge in [-0.15, -0.1) is 0 Å². The van der Waals surface area contributed by atoms with Crippen LogP contribution in [0.15, 0.2) is 24.3 Å². The minimum Gasteiger partial charge on any atom is -0.325 e. The summed E-state index contributed by atoms with van der Waals surface area (Å²) in [6, 6.07) is 6.16. The Morgan fingerprint density at radius 2 is 2.05 bits per heavy atom. The van der Waals surface area contributed by atoms with Gasteiger partial charge in [-0.05, 0) is 38.0 Å². The molecule has 0 radical (unpaired) electrons. The lowest BCUT2D eigenvalue weighted by molar-refractivity contribution is -0.120. The predicted molar refractivity (Wildman–Crippen MR) is 79.0 cm³/mol. The van der Waals surface area contributed by atoms with Gasteiger partial charge in [0.25, 0.3) is 0 Å². The first-order chi connectivity index (χ1) is 9.54. The van der Waals surface area contributed by atoms with Gasteiger partial charge in [0, 0.05) is 24.2 Å². The van der Waals surface area contributed by atoms with Gasteiger partial charge in [0.05, 0.1) is 0 Å². The third kappa shape index (κ3) is 3.57. The highest BCUT2D eigenvalue weighted by Crippen LogP contribution is 2.30. The summed E-state index contributed by atoms with van der Waals surface area (Å²) in [5.41, 5.74) is 6.57. The van der Waals surface area contributed by atoms with Crippen molar-refractivity contribution in [1.29, 1.82) is 0 Å². The number of amides is 1. The molecule has 1 aromatic carbocycles. The van der Waals surface area contributed by atoms with Crippen molar-refractivity contribution in [3.8, 4) is 0 Å². The molecular formula is C16H23FN2O. The summed E-state index contributed by atoms with van der Waals surface area (Å²) in [5, 5.41) is 0. The molecular weight excluding hydrogens is 255 g/mol. The smallest absolute Gasteiger partial charge is 0.228 e. The van der Waals surface area contributed by atoms with Gasteiger partial charge in [-0.1, -0.05) is 25.3 Å². The van der Waals surface area contributed by atoms with Crippen LogP contribution in [-0.4, -0.2) is 18.0 Å². The molecule has 2 rings (SSSR count). The van der Waals surface area contributed by atoms with Crippen LogP contribution < -0.4 is 10.6 Å². The Balaban J connectivity index is 2.09. The maximum atomic E-state index is 13.3. The highest BCUT2D eigenvalue weighted by molar-refractivity contribution is 5.94. The number of carbonyl (C=O) groups is 1. The second-order valence-electron chi connectivity index (χ2n) is 5.72. The van der Waals surface area contributed by atoms with Crippen LogP contribution in [0.5, 0.6) is 0 Å². The normalized spacial score (nSPS) is 17.8. The number of hydrogen-bond donors (Lipinski definition) is 1. The SMILES string of the molecule is CCN(C(=O)CC1(N)CCCCC1)c1cccc(F)c1. The maximum absolute atomic E-state index is 13.3. The summed E-state index contributed by atoms with van der Waals surface area (Å²) in [4.78, 5) is 14.1. The standard InChI is InChI=1S/C16H23FN2O/c1-2-19(14-8-6-7-13(17)11-14)15(20)12-16(18)9-4-3-5-10-16/h6-8,11H,2-5,9-10,12,18H2,1H3. The molecule has 0 bridgehead atoms. The number of nitrogens with two attached hydrogens (primary N) is 1. The lowest BCUT2D eigenvalue weighted by Gasteiger charge is -2.34. The van der Waals surface area contributed by atoms with E-state index < -0.39 is 0 Å². The van der Waals surface area contributed by atoms with Crippen LogP contribution in [0.3, 0.4) is 0 Å². The van der Waals surface area contributed by atoms with Crippen molar-refractivity contribution in [2.45, 2.75) is 51.0 Å². The number of halogens is 1. The Hall–Kier alpha value is -1.42. The number of carbonyl (C=O) groups excluding carboxylic acids is 1. The topological polar surface area (TPSA) is 46.3 Å². The van der Waals surface area contributed by atoms with Crippen LogP contribution in [-0.2, 0) is 4.79 Å².